The maximum atomic E-state index is 12.4. The Hall–Kier alpha value is -2.37. The van der Waals surface area contributed by atoms with Crippen LogP contribution >= 0.6 is 23.2 Å². The summed E-state index contributed by atoms with van der Waals surface area (Å²) in [4.78, 5) is 28.6. The normalized spacial score (nSPS) is 10.7. The third-order valence-corrected chi connectivity index (χ3v) is 3.72. The monoisotopic (exact) mass is 347 g/mol. The van der Waals surface area contributed by atoms with E-state index in [2.05, 4.69) is 10.3 Å². The average molecular weight is 348 g/mol. The molecule has 0 bridgehead atoms. The van der Waals surface area contributed by atoms with Crippen molar-refractivity contribution >= 4 is 45.7 Å². The maximum Gasteiger partial charge on any atom is 0.261 e. The molecule has 1 heterocycles. The first kappa shape index (κ1) is 15.5. The zero-order valence-electron chi connectivity index (χ0n) is 11.8. The summed E-state index contributed by atoms with van der Waals surface area (Å²) < 4.78 is 1.24. The smallest absolute Gasteiger partial charge is 0.261 e. The number of carbonyl (C=O) groups excluding carboxylic acids is 1. The van der Waals surface area contributed by atoms with Crippen LogP contribution in [0.5, 0.6) is 0 Å². The van der Waals surface area contributed by atoms with E-state index in [1.807, 2.05) is 0 Å². The van der Waals surface area contributed by atoms with Gasteiger partial charge in [0.1, 0.15) is 6.54 Å². The van der Waals surface area contributed by atoms with Gasteiger partial charge in [-0.15, -0.1) is 0 Å². The van der Waals surface area contributed by atoms with Crippen molar-refractivity contribution in [2.24, 2.45) is 0 Å². The van der Waals surface area contributed by atoms with Crippen LogP contribution in [0.4, 0.5) is 5.69 Å². The van der Waals surface area contributed by atoms with Crippen molar-refractivity contribution in [1.82, 2.24) is 9.55 Å². The van der Waals surface area contributed by atoms with Gasteiger partial charge in [0.25, 0.3) is 5.56 Å². The second-order valence-electron chi connectivity index (χ2n) is 4.89. The first-order valence-corrected chi connectivity index (χ1v) is 7.48. The number of benzene rings is 2. The number of carbonyl (C=O) groups is 1. The molecule has 1 N–H and O–H groups in total. The number of nitrogens with one attached hydrogen (secondary N) is 1. The van der Waals surface area contributed by atoms with Crippen LogP contribution in [-0.4, -0.2) is 15.5 Å². The van der Waals surface area contributed by atoms with Crippen molar-refractivity contribution in [3.8, 4) is 0 Å². The van der Waals surface area contributed by atoms with Gasteiger partial charge in [0.2, 0.25) is 5.91 Å². The zero-order chi connectivity index (χ0) is 16.4. The molecular weight excluding hydrogens is 337 g/mol. The van der Waals surface area contributed by atoms with E-state index in [1.54, 1.807) is 42.5 Å². The van der Waals surface area contributed by atoms with Gasteiger partial charge in [-0.25, -0.2) is 4.98 Å². The molecule has 0 atom stereocenters. The summed E-state index contributed by atoms with van der Waals surface area (Å²) in [5, 5.41) is 4.09. The summed E-state index contributed by atoms with van der Waals surface area (Å²) in [5.74, 6) is -0.336. The van der Waals surface area contributed by atoms with Gasteiger partial charge in [0, 0.05) is 15.7 Å². The Morgan fingerprint density at radius 2 is 1.78 bits per heavy atom. The molecule has 0 unspecified atom stereocenters. The molecule has 23 heavy (non-hydrogen) atoms. The number of anilines is 1. The molecule has 0 spiro atoms. The minimum Gasteiger partial charge on any atom is -0.325 e. The first-order valence-electron chi connectivity index (χ1n) is 6.73. The van der Waals surface area contributed by atoms with Crippen LogP contribution in [0.25, 0.3) is 10.9 Å². The number of fused-ring (bicyclic) bond motifs is 1. The summed E-state index contributed by atoms with van der Waals surface area (Å²) in [6, 6.07) is 11.6. The Kier molecular flexibility index (Phi) is 4.32. The van der Waals surface area contributed by atoms with E-state index in [-0.39, 0.29) is 18.0 Å². The van der Waals surface area contributed by atoms with Crippen LogP contribution in [0.15, 0.2) is 53.6 Å². The molecule has 5 nitrogen and oxygen atoms in total. The summed E-state index contributed by atoms with van der Waals surface area (Å²) in [5.41, 5.74) is 0.821. The van der Waals surface area contributed by atoms with E-state index in [0.717, 1.165) is 0 Å². The SMILES string of the molecule is O=C(Cn1cnc2ccc(Cl)cc2c1=O)Nc1ccc(Cl)cc1. The van der Waals surface area contributed by atoms with E-state index >= 15 is 0 Å². The lowest BCUT2D eigenvalue weighted by atomic mass is 10.2. The number of aromatic nitrogens is 2. The molecule has 0 radical (unpaired) electrons. The highest BCUT2D eigenvalue weighted by Crippen LogP contribution is 2.15. The van der Waals surface area contributed by atoms with Crippen LogP contribution in [0, 0.1) is 0 Å². The number of hydrogen-bond donors (Lipinski definition) is 1. The van der Waals surface area contributed by atoms with Crippen LogP contribution in [0.2, 0.25) is 10.0 Å². The van der Waals surface area contributed by atoms with Crippen LogP contribution in [-0.2, 0) is 11.3 Å². The molecule has 2 aromatic carbocycles. The third-order valence-electron chi connectivity index (χ3n) is 3.23. The summed E-state index contributed by atoms with van der Waals surface area (Å²) in [6.07, 6.45) is 1.35. The molecular formula is C16H11Cl2N3O2. The lowest BCUT2D eigenvalue weighted by molar-refractivity contribution is -0.116. The topological polar surface area (TPSA) is 64.0 Å². The second kappa shape index (κ2) is 6.40. The highest BCUT2D eigenvalue weighted by atomic mass is 35.5. The van der Waals surface area contributed by atoms with E-state index in [1.165, 1.54) is 10.9 Å². The quantitative estimate of drug-likeness (QED) is 0.790. The zero-order valence-corrected chi connectivity index (χ0v) is 13.3. The largest absolute Gasteiger partial charge is 0.325 e. The molecule has 1 amide bonds. The second-order valence-corrected chi connectivity index (χ2v) is 5.77. The Labute approximate surface area is 141 Å². The molecule has 1 aromatic heterocycles. The lowest BCUT2D eigenvalue weighted by Crippen LogP contribution is -2.27. The van der Waals surface area contributed by atoms with E-state index in [0.29, 0.717) is 26.6 Å². The van der Waals surface area contributed by atoms with Gasteiger partial charge >= 0.3 is 0 Å². The summed E-state index contributed by atoms with van der Waals surface area (Å²) >= 11 is 11.7. The van der Waals surface area contributed by atoms with E-state index in [9.17, 15) is 9.59 Å². The number of rotatable bonds is 3. The molecule has 0 aliphatic heterocycles. The molecule has 3 aromatic rings. The Morgan fingerprint density at radius 3 is 2.52 bits per heavy atom. The summed E-state index contributed by atoms with van der Waals surface area (Å²) in [7, 11) is 0. The maximum absolute atomic E-state index is 12.4. The molecule has 0 fully saturated rings. The molecule has 0 saturated carbocycles. The highest BCUT2D eigenvalue weighted by molar-refractivity contribution is 6.31. The van der Waals surface area contributed by atoms with Gasteiger partial charge in [0.05, 0.1) is 17.2 Å². The third kappa shape index (κ3) is 3.52. The minimum absolute atomic E-state index is 0.142. The number of nitrogens with zero attached hydrogens (tertiary/aromatic N) is 2. The van der Waals surface area contributed by atoms with Gasteiger partial charge in [0.15, 0.2) is 0 Å². The molecule has 0 aliphatic carbocycles. The minimum atomic E-state index is -0.336. The van der Waals surface area contributed by atoms with E-state index in [4.69, 9.17) is 23.2 Å². The Balaban J connectivity index is 1.83. The van der Waals surface area contributed by atoms with Gasteiger partial charge in [-0.2, -0.15) is 0 Å². The van der Waals surface area contributed by atoms with Crippen molar-refractivity contribution in [3.05, 3.63) is 69.2 Å². The number of hydrogen-bond acceptors (Lipinski definition) is 3. The Bertz CT molecular complexity index is 936. The van der Waals surface area contributed by atoms with Gasteiger partial charge in [-0.05, 0) is 42.5 Å². The fourth-order valence-electron chi connectivity index (χ4n) is 2.13. The Morgan fingerprint density at radius 1 is 1.09 bits per heavy atom. The lowest BCUT2D eigenvalue weighted by Gasteiger charge is -2.08. The number of halogens is 2. The predicted octanol–water partition coefficient (Wildman–Crippen LogP) is 3.34. The highest BCUT2D eigenvalue weighted by Gasteiger charge is 2.09. The van der Waals surface area contributed by atoms with Crippen LogP contribution in [0.3, 0.4) is 0 Å². The van der Waals surface area contributed by atoms with E-state index < -0.39 is 0 Å². The predicted molar refractivity (Wildman–Crippen MR) is 91.1 cm³/mol. The molecule has 0 saturated heterocycles. The van der Waals surface area contributed by atoms with Crippen LogP contribution in [0.1, 0.15) is 0 Å². The van der Waals surface area contributed by atoms with Gasteiger partial charge in [-0.1, -0.05) is 23.2 Å². The fraction of sp³-hybridized carbons (Fsp3) is 0.0625. The fourth-order valence-corrected chi connectivity index (χ4v) is 2.43. The van der Waals surface area contributed by atoms with Gasteiger partial charge < -0.3 is 5.32 Å². The van der Waals surface area contributed by atoms with Crippen molar-refractivity contribution in [1.29, 1.82) is 0 Å². The molecule has 7 heteroatoms. The average Bonchev–Trinajstić information content (AvgIpc) is 2.53. The number of amides is 1. The molecule has 0 aliphatic rings. The van der Waals surface area contributed by atoms with Crippen molar-refractivity contribution in [2.45, 2.75) is 6.54 Å². The van der Waals surface area contributed by atoms with Crippen molar-refractivity contribution in [2.75, 3.05) is 5.32 Å². The first-order chi connectivity index (χ1) is 11.0. The summed E-state index contributed by atoms with van der Waals surface area (Å²) in [6.45, 7) is -0.142. The van der Waals surface area contributed by atoms with Crippen molar-refractivity contribution < 1.29 is 4.79 Å². The van der Waals surface area contributed by atoms with Gasteiger partial charge in [-0.3, -0.25) is 14.2 Å². The standard InChI is InChI=1S/C16H11Cl2N3O2/c17-10-1-4-12(5-2-10)20-15(22)8-21-9-19-14-6-3-11(18)7-13(14)16(21)23/h1-7,9H,8H2,(H,20,22). The van der Waals surface area contributed by atoms with Crippen LogP contribution < -0.4 is 10.9 Å². The van der Waals surface area contributed by atoms with Crippen molar-refractivity contribution in [3.63, 3.8) is 0 Å². The molecule has 3 rings (SSSR count). The molecule has 116 valence electrons.